The van der Waals surface area contributed by atoms with Crippen molar-refractivity contribution in [1.29, 1.82) is 0 Å². The van der Waals surface area contributed by atoms with Crippen molar-refractivity contribution in [2.75, 3.05) is 28.7 Å². The highest BCUT2D eigenvalue weighted by molar-refractivity contribution is 7.99. The quantitative estimate of drug-likeness (QED) is 0.307. The molecule has 13 heteroatoms. The second-order valence-corrected chi connectivity index (χ2v) is 11.6. The zero-order chi connectivity index (χ0) is 25.0. The predicted octanol–water partition coefficient (Wildman–Crippen LogP) is 3.96. The van der Waals surface area contributed by atoms with Crippen molar-refractivity contribution in [1.82, 2.24) is 10.2 Å². The van der Waals surface area contributed by atoms with Crippen LogP contribution in [-0.2, 0) is 32.4 Å². The number of ether oxygens (including phenoxy) is 1. The Bertz CT molecular complexity index is 1330. The number of nitrogens with zero attached hydrogens (tertiary/aromatic N) is 2. The molecule has 1 aromatic carbocycles. The number of hydrogen-bond donors (Lipinski definition) is 2. The minimum atomic E-state index is -3.37. The molecule has 0 saturated carbocycles. The molecular weight excluding hydrogens is 512 g/mol. The predicted molar refractivity (Wildman–Crippen MR) is 134 cm³/mol. The molecule has 0 spiro atoms. The molecule has 35 heavy (non-hydrogen) atoms. The lowest BCUT2D eigenvalue weighted by Gasteiger charge is -2.12. The summed E-state index contributed by atoms with van der Waals surface area (Å²) in [6, 6.07) is 6.47. The summed E-state index contributed by atoms with van der Waals surface area (Å²) in [7, 11) is -3.37. The van der Waals surface area contributed by atoms with Crippen LogP contribution in [0.2, 0.25) is 0 Å². The van der Waals surface area contributed by atoms with Gasteiger partial charge >= 0.3 is 5.97 Å². The Hall–Kier alpha value is -2.90. The Labute approximate surface area is 210 Å². The summed E-state index contributed by atoms with van der Waals surface area (Å²) < 4.78 is 35.9. The van der Waals surface area contributed by atoms with Crippen molar-refractivity contribution in [3.63, 3.8) is 0 Å². The van der Waals surface area contributed by atoms with Crippen LogP contribution in [0.4, 0.5) is 10.7 Å². The number of nitrogens with one attached hydrogen (secondary N) is 2. The van der Waals surface area contributed by atoms with Gasteiger partial charge in [0.05, 0.1) is 24.2 Å². The molecular formula is C22H24N4O6S3. The number of esters is 1. The number of rotatable bonds is 9. The third-order valence-electron chi connectivity index (χ3n) is 5.07. The molecule has 0 fully saturated rings. The smallest absolute Gasteiger partial charge is 0.341 e. The first-order chi connectivity index (χ1) is 16.7. The van der Waals surface area contributed by atoms with Crippen molar-refractivity contribution < 1.29 is 27.2 Å². The van der Waals surface area contributed by atoms with Crippen molar-refractivity contribution in [3.05, 3.63) is 40.3 Å². The van der Waals surface area contributed by atoms with Gasteiger partial charge in [-0.15, -0.1) is 21.5 Å². The van der Waals surface area contributed by atoms with Crippen LogP contribution in [0.3, 0.4) is 0 Å². The zero-order valence-electron chi connectivity index (χ0n) is 19.1. The van der Waals surface area contributed by atoms with E-state index in [1.807, 2.05) is 0 Å². The molecule has 0 saturated heterocycles. The van der Waals surface area contributed by atoms with Crippen LogP contribution in [0.5, 0.6) is 0 Å². The van der Waals surface area contributed by atoms with E-state index in [-0.39, 0.29) is 29.4 Å². The largest absolute Gasteiger partial charge is 0.462 e. The fourth-order valence-electron chi connectivity index (χ4n) is 3.64. The van der Waals surface area contributed by atoms with Gasteiger partial charge in [-0.1, -0.05) is 11.8 Å². The lowest BCUT2D eigenvalue weighted by molar-refractivity contribution is -0.113. The van der Waals surface area contributed by atoms with Crippen LogP contribution >= 0.6 is 23.1 Å². The molecule has 0 aliphatic heterocycles. The number of carbonyl (C=O) groups is 2. The van der Waals surface area contributed by atoms with Crippen LogP contribution in [0.15, 0.2) is 33.9 Å². The van der Waals surface area contributed by atoms with Crippen molar-refractivity contribution in [2.45, 2.75) is 37.8 Å². The van der Waals surface area contributed by atoms with Crippen molar-refractivity contribution >= 4 is 55.7 Å². The minimum Gasteiger partial charge on any atom is -0.462 e. The van der Waals surface area contributed by atoms with Crippen LogP contribution in [0.25, 0.3) is 11.5 Å². The molecule has 0 atom stereocenters. The lowest BCUT2D eigenvalue weighted by atomic mass is 9.95. The molecule has 2 heterocycles. The molecule has 0 radical (unpaired) electrons. The van der Waals surface area contributed by atoms with Crippen LogP contribution in [0.1, 0.15) is 40.6 Å². The summed E-state index contributed by atoms with van der Waals surface area (Å²) in [5.74, 6) is -0.442. The topological polar surface area (TPSA) is 140 Å². The van der Waals surface area contributed by atoms with E-state index in [0.29, 0.717) is 21.8 Å². The third-order valence-corrected chi connectivity index (χ3v) is 7.70. The summed E-state index contributed by atoms with van der Waals surface area (Å²) in [4.78, 5) is 26.3. The van der Waals surface area contributed by atoms with Gasteiger partial charge in [0.15, 0.2) is 0 Å². The number of carbonyl (C=O) groups excluding carboxylic acids is 2. The number of aryl methyl sites for hydroxylation is 1. The Balaban J connectivity index is 1.39. The molecule has 2 N–H and O–H groups in total. The van der Waals surface area contributed by atoms with Crippen LogP contribution < -0.4 is 10.0 Å². The standard InChI is InChI=1S/C22H24N4O6S3/c1-3-31-21(28)18-15-6-4-5-7-16(15)34-20(18)23-17(27)12-33-22-25-24-19(32-22)13-8-10-14(11-9-13)26-35(2,29)30/h8-11,26H,3-7,12H2,1-2H3,(H,23,27). The van der Waals surface area contributed by atoms with Gasteiger partial charge in [0.25, 0.3) is 5.22 Å². The Morgan fingerprint density at radius 1 is 1.17 bits per heavy atom. The van der Waals surface area contributed by atoms with Gasteiger partial charge in [0, 0.05) is 16.1 Å². The van der Waals surface area contributed by atoms with Crippen LogP contribution in [-0.4, -0.2) is 49.1 Å². The summed E-state index contributed by atoms with van der Waals surface area (Å²) in [6.45, 7) is 2.02. The van der Waals surface area contributed by atoms with Gasteiger partial charge < -0.3 is 14.5 Å². The van der Waals surface area contributed by atoms with Gasteiger partial charge in [0.2, 0.25) is 21.8 Å². The van der Waals surface area contributed by atoms with Gasteiger partial charge in [0.1, 0.15) is 5.00 Å². The average molecular weight is 537 g/mol. The molecule has 4 rings (SSSR count). The number of amides is 1. The maximum absolute atomic E-state index is 12.6. The molecule has 1 aliphatic rings. The Morgan fingerprint density at radius 3 is 2.63 bits per heavy atom. The molecule has 2 aromatic heterocycles. The molecule has 186 valence electrons. The number of benzene rings is 1. The lowest BCUT2D eigenvalue weighted by Crippen LogP contribution is -2.17. The molecule has 1 amide bonds. The number of aromatic nitrogens is 2. The number of thioether (sulfide) groups is 1. The highest BCUT2D eigenvalue weighted by atomic mass is 32.2. The first-order valence-corrected chi connectivity index (χ1v) is 14.6. The van der Waals surface area contributed by atoms with Crippen LogP contribution in [0, 0.1) is 0 Å². The highest BCUT2D eigenvalue weighted by Crippen LogP contribution is 2.38. The van der Waals surface area contributed by atoms with E-state index in [1.54, 1.807) is 31.2 Å². The third kappa shape index (κ3) is 6.41. The normalized spacial score (nSPS) is 13.2. The number of anilines is 2. The fourth-order valence-corrected chi connectivity index (χ4v) is 6.06. The number of hydrogen-bond acceptors (Lipinski definition) is 10. The molecule has 10 nitrogen and oxygen atoms in total. The fraction of sp³-hybridized carbons (Fsp3) is 0.364. The number of fused-ring (bicyclic) bond motifs is 1. The Morgan fingerprint density at radius 2 is 1.91 bits per heavy atom. The average Bonchev–Trinajstić information content (AvgIpc) is 3.42. The summed E-state index contributed by atoms with van der Waals surface area (Å²) in [5.41, 5.74) is 2.48. The second-order valence-electron chi connectivity index (χ2n) is 7.80. The molecule has 1 aliphatic carbocycles. The van der Waals surface area contributed by atoms with Crippen molar-refractivity contribution in [3.8, 4) is 11.5 Å². The molecule has 0 bridgehead atoms. The second kappa shape index (κ2) is 10.8. The van der Waals surface area contributed by atoms with Gasteiger partial charge in [-0.25, -0.2) is 13.2 Å². The first kappa shape index (κ1) is 25.2. The summed E-state index contributed by atoms with van der Waals surface area (Å²) in [6.07, 6.45) is 4.85. The van der Waals surface area contributed by atoms with Gasteiger partial charge in [-0.05, 0) is 62.4 Å². The molecule has 0 unspecified atom stereocenters. The van der Waals surface area contributed by atoms with E-state index in [4.69, 9.17) is 9.15 Å². The van der Waals surface area contributed by atoms with E-state index in [9.17, 15) is 18.0 Å². The minimum absolute atomic E-state index is 0.0175. The summed E-state index contributed by atoms with van der Waals surface area (Å²) >= 11 is 2.51. The van der Waals surface area contributed by atoms with E-state index >= 15 is 0 Å². The van der Waals surface area contributed by atoms with Gasteiger partial charge in [-0.2, -0.15) is 0 Å². The van der Waals surface area contributed by atoms with E-state index in [1.165, 1.54) is 11.3 Å². The SMILES string of the molecule is CCOC(=O)c1c(NC(=O)CSc2nnc(-c3ccc(NS(C)(=O)=O)cc3)o2)sc2c1CCCC2. The first-order valence-electron chi connectivity index (χ1n) is 10.9. The van der Waals surface area contributed by atoms with E-state index < -0.39 is 16.0 Å². The Kier molecular flexibility index (Phi) is 7.77. The monoisotopic (exact) mass is 536 g/mol. The maximum Gasteiger partial charge on any atom is 0.341 e. The summed E-state index contributed by atoms with van der Waals surface area (Å²) in [5, 5.41) is 11.5. The van der Waals surface area contributed by atoms with Gasteiger partial charge in [-0.3, -0.25) is 9.52 Å². The van der Waals surface area contributed by atoms with E-state index in [0.717, 1.165) is 54.1 Å². The van der Waals surface area contributed by atoms with Crippen molar-refractivity contribution in [2.24, 2.45) is 0 Å². The highest BCUT2D eigenvalue weighted by Gasteiger charge is 2.27. The number of thiophene rings is 1. The zero-order valence-corrected chi connectivity index (χ0v) is 21.6. The molecule has 3 aromatic rings. The van der Waals surface area contributed by atoms with E-state index in [2.05, 4.69) is 20.2 Å². The number of sulfonamides is 1. The maximum atomic E-state index is 12.6.